The molecule has 2 aromatic carbocycles. The Hall–Kier alpha value is -2.30. The molecule has 26 heavy (non-hydrogen) atoms. The lowest BCUT2D eigenvalue weighted by molar-refractivity contribution is 0.244. The highest BCUT2D eigenvalue weighted by Gasteiger charge is 2.22. The molecule has 1 aromatic heterocycles. The molecule has 0 unspecified atom stereocenters. The summed E-state index contributed by atoms with van der Waals surface area (Å²) < 4.78 is 5.74. The van der Waals surface area contributed by atoms with Gasteiger partial charge >= 0.3 is 0 Å². The van der Waals surface area contributed by atoms with Gasteiger partial charge in [-0.05, 0) is 79.3 Å². The molecule has 1 atom stereocenters. The topological polar surface area (TPSA) is 61.3 Å². The number of thiophene rings is 1. The highest BCUT2D eigenvalue weighted by molar-refractivity contribution is 7.18. The molecule has 4 rings (SSSR count). The van der Waals surface area contributed by atoms with E-state index in [1.54, 1.807) is 11.3 Å². The van der Waals surface area contributed by atoms with Crippen molar-refractivity contribution >= 4 is 17.0 Å². The minimum Gasteiger partial charge on any atom is -0.489 e. The molecule has 0 amide bonds. The smallest absolute Gasteiger partial charge is 0.142 e. The fraction of sp³-hybridized carbons (Fsp3) is 0.273. The Bertz CT molecular complexity index is 945. The average Bonchev–Trinajstić information content (AvgIpc) is 3.24. The van der Waals surface area contributed by atoms with Crippen LogP contribution in [0.1, 0.15) is 37.4 Å². The second kappa shape index (κ2) is 6.78. The molecule has 134 valence electrons. The van der Waals surface area contributed by atoms with Crippen LogP contribution in [0.2, 0.25) is 0 Å². The third-order valence-corrected chi connectivity index (χ3v) is 6.01. The van der Waals surface area contributed by atoms with Crippen LogP contribution in [-0.2, 0) is 6.42 Å². The molecular formula is C22H24N2OS. The van der Waals surface area contributed by atoms with Crippen molar-refractivity contribution in [3.05, 3.63) is 59.7 Å². The summed E-state index contributed by atoms with van der Waals surface area (Å²) >= 11 is 1.80. The van der Waals surface area contributed by atoms with Crippen LogP contribution in [0.5, 0.6) is 5.75 Å². The van der Waals surface area contributed by atoms with Crippen LogP contribution >= 0.6 is 11.3 Å². The van der Waals surface area contributed by atoms with Crippen molar-refractivity contribution in [3.63, 3.8) is 0 Å². The van der Waals surface area contributed by atoms with Crippen molar-refractivity contribution < 1.29 is 4.74 Å². The van der Waals surface area contributed by atoms with Crippen LogP contribution in [0, 0.1) is 0 Å². The van der Waals surface area contributed by atoms with Gasteiger partial charge in [0.05, 0.1) is 11.8 Å². The number of nitrogen functional groups attached to an aromatic ring is 1. The fourth-order valence-corrected chi connectivity index (χ4v) is 4.67. The van der Waals surface area contributed by atoms with Gasteiger partial charge < -0.3 is 16.2 Å². The molecule has 0 spiro atoms. The summed E-state index contributed by atoms with van der Waals surface area (Å²) in [6.07, 6.45) is 2.22. The van der Waals surface area contributed by atoms with Crippen LogP contribution in [0.15, 0.2) is 48.5 Å². The highest BCUT2D eigenvalue weighted by atomic mass is 32.1. The Morgan fingerprint density at radius 3 is 2.65 bits per heavy atom. The SMILES string of the molecule is CC(C)Oc1ccc(-c2ccc(-c3cccc4c3CC[C@@H]4N)s2)cc1N. The minimum atomic E-state index is 0.114. The Labute approximate surface area is 158 Å². The molecule has 0 radical (unpaired) electrons. The van der Waals surface area contributed by atoms with Crippen molar-refractivity contribution in [2.24, 2.45) is 5.73 Å². The number of nitrogens with two attached hydrogens (primary N) is 2. The highest BCUT2D eigenvalue weighted by Crippen LogP contribution is 2.41. The van der Waals surface area contributed by atoms with Crippen LogP contribution in [-0.4, -0.2) is 6.10 Å². The lowest BCUT2D eigenvalue weighted by Gasteiger charge is -2.12. The largest absolute Gasteiger partial charge is 0.489 e. The Morgan fingerprint density at radius 2 is 1.88 bits per heavy atom. The predicted molar refractivity (Wildman–Crippen MR) is 111 cm³/mol. The van der Waals surface area contributed by atoms with Crippen LogP contribution < -0.4 is 16.2 Å². The Morgan fingerprint density at radius 1 is 1.08 bits per heavy atom. The van der Waals surface area contributed by atoms with E-state index in [0.29, 0.717) is 5.69 Å². The first-order valence-corrected chi connectivity index (χ1v) is 9.88. The summed E-state index contributed by atoms with van der Waals surface area (Å²) in [5.41, 5.74) is 18.2. The molecule has 0 saturated carbocycles. The van der Waals surface area contributed by atoms with E-state index in [-0.39, 0.29) is 12.1 Å². The van der Waals surface area contributed by atoms with Gasteiger partial charge in [0.2, 0.25) is 0 Å². The molecule has 4 heteroatoms. The number of benzene rings is 2. The standard InChI is InChI=1S/C22H24N2OS/c1-13(2)25-20-9-6-14(12-19(20)24)21-10-11-22(26-21)17-5-3-4-16-15(17)7-8-18(16)23/h3-6,9-13,18H,7-8,23-24H2,1-2H3/t18-/m0/s1. The van der Waals surface area contributed by atoms with E-state index in [1.165, 1.54) is 26.4 Å². The molecule has 3 aromatic rings. The van der Waals surface area contributed by atoms with E-state index >= 15 is 0 Å². The van der Waals surface area contributed by atoms with Crippen molar-refractivity contribution in [2.75, 3.05) is 5.73 Å². The Balaban J connectivity index is 1.67. The van der Waals surface area contributed by atoms with Crippen molar-refractivity contribution in [2.45, 2.75) is 38.8 Å². The van der Waals surface area contributed by atoms with Gasteiger partial charge in [-0.15, -0.1) is 11.3 Å². The number of rotatable bonds is 4. The van der Waals surface area contributed by atoms with Crippen LogP contribution in [0.4, 0.5) is 5.69 Å². The zero-order chi connectivity index (χ0) is 18.3. The summed E-state index contributed by atoms with van der Waals surface area (Å²) in [5, 5.41) is 0. The number of hydrogen-bond acceptors (Lipinski definition) is 4. The van der Waals surface area contributed by atoms with Crippen molar-refractivity contribution in [1.29, 1.82) is 0 Å². The van der Waals surface area contributed by atoms with Gasteiger partial charge in [-0.25, -0.2) is 0 Å². The van der Waals surface area contributed by atoms with Gasteiger partial charge in [-0.2, -0.15) is 0 Å². The molecule has 1 aliphatic carbocycles. The van der Waals surface area contributed by atoms with Gasteiger partial charge in [0.25, 0.3) is 0 Å². The van der Waals surface area contributed by atoms with Gasteiger partial charge in [-0.3, -0.25) is 0 Å². The molecule has 0 fully saturated rings. The van der Waals surface area contributed by atoms with E-state index in [1.807, 2.05) is 26.0 Å². The molecule has 1 heterocycles. The van der Waals surface area contributed by atoms with E-state index in [9.17, 15) is 0 Å². The molecule has 0 saturated heterocycles. The predicted octanol–water partition coefficient (Wildman–Crippen LogP) is 5.40. The molecular weight excluding hydrogens is 340 g/mol. The summed E-state index contributed by atoms with van der Waals surface area (Å²) in [6.45, 7) is 4.01. The molecule has 0 bridgehead atoms. The third-order valence-electron chi connectivity index (χ3n) is 4.85. The van der Waals surface area contributed by atoms with Crippen molar-refractivity contribution in [1.82, 2.24) is 0 Å². The second-order valence-corrected chi connectivity index (χ2v) is 8.19. The fourth-order valence-electron chi connectivity index (χ4n) is 3.62. The quantitative estimate of drug-likeness (QED) is 0.610. The summed E-state index contributed by atoms with van der Waals surface area (Å²) in [5.74, 6) is 0.746. The zero-order valence-electron chi connectivity index (χ0n) is 15.2. The first-order chi connectivity index (χ1) is 12.5. The van der Waals surface area contributed by atoms with E-state index in [0.717, 1.165) is 24.2 Å². The number of hydrogen-bond donors (Lipinski definition) is 2. The van der Waals surface area contributed by atoms with E-state index < -0.39 is 0 Å². The molecule has 1 aliphatic rings. The number of ether oxygens (including phenoxy) is 1. The molecule has 3 nitrogen and oxygen atoms in total. The normalized spacial score (nSPS) is 16.1. The molecule has 4 N–H and O–H groups in total. The second-order valence-electron chi connectivity index (χ2n) is 7.10. The number of fused-ring (bicyclic) bond motifs is 1. The first kappa shape index (κ1) is 17.1. The third kappa shape index (κ3) is 3.11. The summed E-state index contributed by atoms with van der Waals surface area (Å²) in [6, 6.07) is 17.1. The van der Waals surface area contributed by atoms with E-state index in [4.69, 9.17) is 16.2 Å². The first-order valence-electron chi connectivity index (χ1n) is 9.07. The van der Waals surface area contributed by atoms with Gasteiger partial charge in [0.1, 0.15) is 5.75 Å². The lowest BCUT2D eigenvalue weighted by Crippen LogP contribution is -2.07. The Kier molecular flexibility index (Phi) is 4.47. The number of anilines is 1. The molecule has 0 aliphatic heterocycles. The summed E-state index contributed by atoms with van der Waals surface area (Å²) in [4.78, 5) is 2.50. The van der Waals surface area contributed by atoms with E-state index in [2.05, 4.69) is 36.4 Å². The zero-order valence-corrected chi connectivity index (χ0v) is 16.0. The van der Waals surface area contributed by atoms with Gasteiger partial charge in [-0.1, -0.05) is 18.2 Å². The van der Waals surface area contributed by atoms with Crippen molar-refractivity contribution in [3.8, 4) is 26.6 Å². The summed E-state index contributed by atoms with van der Waals surface area (Å²) in [7, 11) is 0. The minimum absolute atomic E-state index is 0.114. The maximum Gasteiger partial charge on any atom is 0.142 e. The van der Waals surface area contributed by atoms with Crippen LogP contribution in [0.25, 0.3) is 20.9 Å². The van der Waals surface area contributed by atoms with Crippen LogP contribution in [0.3, 0.4) is 0 Å². The lowest BCUT2D eigenvalue weighted by atomic mass is 10.0. The van der Waals surface area contributed by atoms with Gasteiger partial charge in [0, 0.05) is 15.8 Å². The average molecular weight is 365 g/mol. The maximum absolute atomic E-state index is 6.23. The van der Waals surface area contributed by atoms with Gasteiger partial charge in [0.15, 0.2) is 0 Å². The monoisotopic (exact) mass is 364 g/mol. The maximum atomic E-state index is 6.23.